The van der Waals surface area contributed by atoms with E-state index >= 15 is 0 Å². The van der Waals surface area contributed by atoms with Crippen LogP contribution in [0.5, 0.6) is 0 Å². The number of alkyl halides is 3. The number of fused-ring (bicyclic) bond motifs is 1. The number of likely N-dealkylation sites (tertiary alicyclic amines) is 1. The SMILES string of the molecule is NC(=O)CN1CC[C@@H](Cn2ccc3c(N4CCOC[C@@H]4c4cccc(C(F)(F)F)c4)ncnc32)[C@H](O)C1. The van der Waals surface area contributed by atoms with Gasteiger partial charge >= 0.3 is 6.18 Å². The van der Waals surface area contributed by atoms with E-state index in [1.54, 1.807) is 6.07 Å². The van der Waals surface area contributed by atoms with Crippen molar-refractivity contribution in [1.29, 1.82) is 0 Å². The summed E-state index contributed by atoms with van der Waals surface area (Å²) in [6, 6.07) is 6.79. The molecule has 9 nitrogen and oxygen atoms in total. The zero-order chi connectivity index (χ0) is 26.2. The van der Waals surface area contributed by atoms with Crippen LogP contribution in [0.25, 0.3) is 11.0 Å². The minimum absolute atomic E-state index is 0.0283. The van der Waals surface area contributed by atoms with Gasteiger partial charge in [0, 0.05) is 31.7 Å². The van der Waals surface area contributed by atoms with Crippen LogP contribution < -0.4 is 10.6 Å². The third-order valence-electron chi connectivity index (χ3n) is 7.15. The number of aliphatic hydroxyl groups excluding tert-OH is 1. The number of aliphatic hydroxyl groups is 1. The topological polar surface area (TPSA) is 110 Å². The maximum absolute atomic E-state index is 13.4. The maximum Gasteiger partial charge on any atom is 0.416 e. The number of carbonyl (C=O) groups is 1. The number of nitrogens with two attached hydrogens (primary N) is 1. The number of hydrogen-bond acceptors (Lipinski definition) is 7. The molecule has 2 aliphatic rings. The number of nitrogens with zero attached hydrogens (tertiary/aromatic N) is 5. The number of halogens is 3. The highest BCUT2D eigenvalue weighted by molar-refractivity contribution is 5.88. The Hall–Kier alpha value is -3.22. The van der Waals surface area contributed by atoms with Crippen molar-refractivity contribution in [2.45, 2.75) is 31.3 Å². The van der Waals surface area contributed by atoms with Gasteiger partial charge in [-0.1, -0.05) is 12.1 Å². The molecule has 2 aliphatic heterocycles. The number of benzene rings is 1. The molecule has 0 aliphatic carbocycles. The summed E-state index contributed by atoms with van der Waals surface area (Å²) >= 11 is 0. The van der Waals surface area contributed by atoms with Gasteiger partial charge in [0.25, 0.3) is 0 Å². The predicted octanol–water partition coefficient (Wildman–Crippen LogP) is 2.20. The Morgan fingerprint density at radius 2 is 2.05 bits per heavy atom. The molecule has 5 rings (SSSR count). The standard InChI is InChI=1S/C25H29F3N6O3/c26-25(27,28)18-3-1-2-16(10-18)20-14-37-9-8-34(20)24-19-5-7-33(23(19)30-15-31-24)11-17-4-6-32(12-21(17)35)13-22(29)36/h1-3,5,7,10,15,17,20-21,35H,4,6,8-9,11-14H2,(H2,29,36)/t17-,20+,21+/m0/s1. The van der Waals surface area contributed by atoms with E-state index in [9.17, 15) is 23.1 Å². The van der Waals surface area contributed by atoms with Crippen LogP contribution in [0.2, 0.25) is 0 Å². The van der Waals surface area contributed by atoms with Gasteiger partial charge in [-0.15, -0.1) is 0 Å². The largest absolute Gasteiger partial charge is 0.416 e. The summed E-state index contributed by atoms with van der Waals surface area (Å²) in [4.78, 5) is 24.0. The fourth-order valence-electron chi connectivity index (χ4n) is 5.30. The second kappa shape index (κ2) is 10.3. The van der Waals surface area contributed by atoms with Crippen LogP contribution in [0, 0.1) is 5.92 Å². The van der Waals surface area contributed by atoms with Gasteiger partial charge in [0.2, 0.25) is 5.91 Å². The molecule has 37 heavy (non-hydrogen) atoms. The predicted molar refractivity (Wildman–Crippen MR) is 130 cm³/mol. The number of hydrogen-bond donors (Lipinski definition) is 2. The molecule has 4 heterocycles. The molecule has 2 aromatic heterocycles. The van der Waals surface area contributed by atoms with E-state index in [0.717, 1.165) is 11.5 Å². The number of carbonyl (C=O) groups excluding carboxylic acids is 1. The molecule has 0 saturated carbocycles. The number of β-amino-alcohol motifs (C(OH)–C–C–N with tert-alkyl or cyclic N) is 1. The van der Waals surface area contributed by atoms with Crippen LogP contribution in [0.4, 0.5) is 19.0 Å². The molecule has 0 unspecified atom stereocenters. The number of ether oxygens (including phenoxy) is 1. The molecule has 0 radical (unpaired) electrons. The lowest BCUT2D eigenvalue weighted by molar-refractivity contribution is -0.137. The monoisotopic (exact) mass is 518 g/mol. The highest BCUT2D eigenvalue weighted by Gasteiger charge is 2.34. The van der Waals surface area contributed by atoms with Gasteiger partial charge in [-0.2, -0.15) is 13.2 Å². The Morgan fingerprint density at radius 1 is 1.22 bits per heavy atom. The van der Waals surface area contributed by atoms with Crippen molar-refractivity contribution in [3.63, 3.8) is 0 Å². The van der Waals surface area contributed by atoms with E-state index in [1.165, 1.54) is 18.5 Å². The summed E-state index contributed by atoms with van der Waals surface area (Å²) in [7, 11) is 0. The fourth-order valence-corrected chi connectivity index (χ4v) is 5.30. The molecular weight excluding hydrogens is 489 g/mol. The van der Waals surface area contributed by atoms with Crippen LogP contribution in [-0.4, -0.2) is 75.9 Å². The summed E-state index contributed by atoms with van der Waals surface area (Å²) in [5.74, 6) is 0.184. The number of rotatable bonds is 6. The Balaban J connectivity index is 1.40. The van der Waals surface area contributed by atoms with Crippen molar-refractivity contribution in [3.05, 3.63) is 54.0 Å². The fraction of sp³-hybridized carbons (Fsp3) is 0.480. The highest BCUT2D eigenvalue weighted by atomic mass is 19.4. The van der Waals surface area contributed by atoms with Crippen LogP contribution in [0.15, 0.2) is 42.9 Å². The number of anilines is 1. The number of piperidine rings is 1. The second-order valence-electron chi connectivity index (χ2n) is 9.63. The van der Waals surface area contributed by atoms with Crippen molar-refractivity contribution >= 4 is 22.8 Å². The summed E-state index contributed by atoms with van der Waals surface area (Å²) in [6.45, 7) is 2.83. The van der Waals surface area contributed by atoms with E-state index in [-0.39, 0.29) is 19.1 Å². The highest BCUT2D eigenvalue weighted by Crippen LogP contribution is 2.36. The lowest BCUT2D eigenvalue weighted by Crippen LogP contribution is -2.47. The molecule has 0 bridgehead atoms. The quantitative estimate of drug-likeness (QED) is 0.515. The molecule has 12 heteroatoms. The van der Waals surface area contributed by atoms with Gasteiger partial charge in [0.05, 0.1) is 42.9 Å². The molecule has 3 atom stereocenters. The first kappa shape index (κ1) is 25.4. The lowest BCUT2D eigenvalue weighted by Gasteiger charge is -2.37. The Kier molecular flexibility index (Phi) is 7.06. The smallest absolute Gasteiger partial charge is 0.391 e. The van der Waals surface area contributed by atoms with Crippen LogP contribution >= 0.6 is 0 Å². The Labute approximate surface area is 211 Å². The number of amides is 1. The van der Waals surface area contributed by atoms with Crippen molar-refractivity contribution < 1.29 is 27.8 Å². The molecular formula is C25H29F3N6O3. The number of aromatic nitrogens is 3. The van der Waals surface area contributed by atoms with Gasteiger partial charge in [-0.05, 0) is 36.7 Å². The molecule has 2 fully saturated rings. The zero-order valence-electron chi connectivity index (χ0n) is 20.1. The van der Waals surface area contributed by atoms with E-state index in [2.05, 4.69) is 9.97 Å². The number of primary amides is 1. The van der Waals surface area contributed by atoms with Crippen LogP contribution in [-0.2, 0) is 22.3 Å². The average Bonchev–Trinajstić information content (AvgIpc) is 3.28. The Bertz CT molecular complexity index is 1270. The zero-order valence-corrected chi connectivity index (χ0v) is 20.1. The van der Waals surface area contributed by atoms with E-state index in [0.29, 0.717) is 56.2 Å². The first-order valence-corrected chi connectivity index (χ1v) is 12.2. The van der Waals surface area contributed by atoms with Gasteiger partial charge in [-0.3, -0.25) is 9.69 Å². The molecule has 0 spiro atoms. The third kappa shape index (κ3) is 5.41. The normalized spacial score (nSPS) is 23.5. The van der Waals surface area contributed by atoms with Crippen molar-refractivity contribution in [1.82, 2.24) is 19.4 Å². The third-order valence-corrected chi connectivity index (χ3v) is 7.15. The summed E-state index contributed by atoms with van der Waals surface area (Å²) in [5.41, 5.74) is 5.77. The van der Waals surface area contributed by atoms with Gasteiger partial charge in [0.1, 0.15) is 17.8 Å². The van der Waals surface area contributed by atoms with Gasteiger partial charge in [0.15, 0.2) is 0 Å². The van der Waals surface area contributed by atoms with E-state index in [4.69, 9.17) is 10.5 Å². The Morgan fingerprint density at radius 3 is 2.81 bits per heavy atom. The van der Waals surface area contributed by atoms with Gasteiger partial charge < -0.3 is 25.0 Å². The van der Waals surface area contributed by atoms with Crippen molar-refractivity contribution in [2.24, 2.45) is 11.7 Å². The van der Waals surface area contributed by atoms with Crippen LogP contribution in [0.3, 0.4) is 0 Å². The summed E-state index contributed by atoms with van der Waals surface area (Å²) in [6.07, 6.45) is -0.996. The molecule has 1 amide bonds. The molecule has 1 aromatic carbocycles. The first-order chi connectivity index (χ1) is 17.7. The molecule has 3 aromatic rings. The van der Waals surface area contributed by atoms with Crippen LogP contribution in [0.1, 0.15) is 23.6 Å². The average molecular weight is 519 g/mol. The van der Waals surface area contributed by atoms with Crippen molar-refractivity contribution in [3.8, 4) is 0 Å². The van der Waals surface area contributed by atoms with E-state index < -0.39 is 29.8 Å². The lowest BCUT2D eigenvalue weighted by atomic mass is 9.93. The molecule has 198 valence electrons. The molecule has 2 saturated heterocycles. The minimum atomic E-state index is -4.43. The van der Waals surface area contributed by atoms with Gasteiger partial charge in [-0.25, -0.2) is 9.97 Å². The number of morpholine rings is 1. The summed E-state index contributed by atoms with van der Waals surface area (Å²) < 4.78 is 47.7. The molecule has 3 N–H and O–H groups in total. The second-order valence-corrected chi connectivity index (χ2v) is 9.63. The van der Waals surface area contributed by atoms with Crippen molar-refractivity contribution in [2.75, 3.05) is 44.3 Å². The summed E-state index contributed by atoms with van der Waals surface area (Å²) in [5, 5.41) is 11.5. The maximum atomic E-state index is 13.4. The minimum Gasteiger partial charge on any atom is -0.391 e. The first-order valence-electron chi connectivity index (χ1n) is 12.2. The van der Waals surface area contributed by atoms with E-state index in [1.807, 2.05) is 26.6 Å².